The van der Waals surface area contributed by atoms with Gasteiger partial charge in [-0.05, 0) is 23.8 Å². The largest absolute Gasteiger partial charge is 0.416 e. The van der Waals surface area contributed by atoms with E-state index in [-0.39, 0.29) is 17.2 Å². The quantitative estimate of drug-likeness (QED) is 0.281. The van der Waals surface area contributed by atoms with E-state index in [4.69, 9.17) is 17.3 Å². The van der Waals surface area contributed by atoms with E-state index < -0.39 is 47.9 Å². The summed E-state index contributed by atoms with van der Waals surface area (Å²) in [4.78, 5) is 12.6. The molecule has 0 heterocycles. The SMILES string of the molecule is [B]c1ccc(C(=O)CC(c2cc(C(F)(F)F)cc(C(F)(F)F)c2)C(OC)OC)cc1. The molecule has 3 nitrogen and oxygen atoms in total. The summed E-state index contributed by atoms with van der Waals surface area (Å²) in [5, 5.41) is 0. The number of ketones is 1. The van der Waals surface area contributed by atoms with Gasteiger partial charge < -0.3 is 9.47 Å². The first kappa shape index (κ1) is 23.9. The second kappa shape index (κ2) is 9.22. The van der Waals surface area contributed by atoms with Gasteiger partial charge in [0.05, 0.1) is 11.1 Å². The van der Waals surface area contributed by atoms with Crippen LogP contribution in [-0.4, -0.2) is 34.1 Å². The Morgan fingerprint density at radius 1 is 0.900 bits per heavy atom. The number of Topliss-reactive ketones (excluding diaryl/α,β-unsaturated/α-hetero) is 1. The van der Waals surface area contributed by atoms with Crippen LogP contribution in [0.25, 0.3) is 0 Å². The highest BCUT2D eigenvalue weighted by molar-refractivity contribution is 6.32. The van der Waals surface area contributed by atoms with Crippen molar-refractivity contribution < 1.29 is 40.6 Å². The molecule has 160 valence electrons. The molecule has 0 aliphatic rings. The fraction of sp³-hybridized carbons (Fsp3) is 0.350. The Kier molecular flexibility index (Phi) is 7.36. The molecule has 10 heteroatoms. The summed E-state index contributed by atoms with van der Waals surface area (Å²) in [6.45, 7) is 0. The van der Waals surface area contributed by atoms with Crippen LogP contribution >= 0.6 is 0 Å². The third-order valence-electron chi connectivity index (χ3n) is 4.47. The number of halogens is 6. The zero-order valence-corrected chi connectivity index (χ0v) is 16.0. The van der Waals surface area contributed by atoms with Crippen LogP contribution in [0.15, 0.2) is 42.5 Å². The van der Waals surface area contributed by atoms with Gasteiger partial charge in [-0.15, -0.1) is 0 Å². The molecular weight excluding hydrogens is 413 g/mol. The molecular formula is C20H17BF6O3. The van der Waals surface area contributed by atoms with Gasteiger partial charge >= 0.3 is 12.4 Å². The maximum absolute atomic E-state index is 13.2. The van der Waals surface area contributed by atoms with Gasteiger partial charge in [0.2, 0.25) is 0 Å². The van der Waals surface area contributed by atoms with Crippen molar-refractivity contribution in [2.75, 3.05) is 14.2 Å². The van der Waals surface area contributed by atoms with Crippen LogP contribution in [0.3, 0.4) is 0 Å². The predicted octanol–water partition coefficient (Wildman–Crippen LogP) is 4.49. The molecule has 1 unspecified atom stereocenters. The average molecular weight is 430 g/mol. The lowest BCUT2D eigenvalue weighted by atomic mass is 9.87. The summed E-state index contributed by atoms with van der Waals surface area (Å²) >= 11 is 0. The smallest absolute Gasteiger partial charge is 0.355 e. The average Bonchev–Trinajstić information content (AvgIpc) is 2.66. The van der Waals surface area contributed by atoms with E-state index in [1.165, 1.54) is 38.5 Å². The maximum atomic E-state index is 13.2. The van der Waals surface area contributed by atoms with Crippen molar-refractivity contribution in [3.05, 3.63) is 64.7 Å². The summed E-state index contributed by atoms with van der Waals surface area (Å²) in [7, 11) is 7.91. The van der Waals surface area contributed by atoms with Crippen LogP contribution in [0.2, 0.25) is 0 Å². The molecule has 0 fully saturated rings. The van der Waals surface area contributed by atoms with Gasteiger partial charge in [-0.25, -0.2) is 0 Å². The molecule has 0 amide bonds. The summed E-state index contributed by atoms with van der Waals surface area (Å²) in [6.07, 6.45) is -11.7. The topological polar surface area (TPSA) is 35.5 Å². The highest BCUT2D eigenvalue weighted by atomic mass is 19.4. The van der Waals surface area contributed by atoms with Crippen LogP contribution in [0.5, 0.6) is 0 Å². The number of alkyl halides is 6. The first-order valence-corrected chi connectivity index (χ1v) is 8.60. The van der Waals surface area contributed by atoms with E-state index in [1.54, 1.807) is 0 Å². The molecule has 0 saturated heterocycles. The Balaban J connectivity index is 2.55. The molecule has 1 atom stereocenters. The number of benzene rings is 2. The molecule has 0 aliphatic carbocycles. The Morgan fingerprint density at radius 2 is 1.37 bits per heavy atom. The van der Waals surface area contributed by atoms with Crippen molar-refractivity contribution in [1.29, 1.82) is 0 Å². The van der Waals surface area contributed by atoms with Crippen LogP contribution < -0.4 is 5.46 Å². The van der Waals surface area contributed by atoms with Gasteiger partial charge in [0, 0.05) is 32.1 Å². The fourth-order valence-electron chi connectivity index (χ4n) is 2.98. The molecule has 2 aromatic carbocycles. The summed E-state index contributed by atoms with van der Waals surface area (Å²) in [6, 6.07) is 6.91. The minimum Gasteiger partial charge on any atom is -0.355 e. The zero-order valence-electron chi connectivity index (χ0n) is 16.0. The minimum atomic E-state index is -5.02. The number of rotatable bonds is 7. The van der Waals surface area contributed by atoms with Gasteiger partial charge in [-0.2, -0.15) is 26.3 Å². The van der Waals surface area contributed by atoms with Crippen LogP contribution in [-0.2, 0) is 21.8 Å². The van der Waals surface area contributed by atoms with Crippen molar-refractivity contribution in [2.45, 2.75) is 31.0 Å². The van der Waals surface area contributed by atoms with Crippen LogP contribution in [0.4, 0.5) is 26.3 Å². The van der Waals surface area contributed by atoms with E-state index in [2.05, 4.69) is 0 Å². The molecule has 0 bridgehead atoms. The van der Waals surface area contributed by atoms with Crippen molar-refractivity contribution in [3.8, 4) is 0 Å². The monoisotopic (exact) mass is 430 g/mol. The number of ether oxygens (including phenoxy) is 2. The van der Waals surface area contributed by atoms with E-state index >= 15 is 0 Å². The normalized spacial score (nSPS) is 13.5. The highest BCUT2D eigenvalue weighted by Crippen LogP contribution is 2.39. The molecule has 2 aromatic rings. The number of hydrogen-bond donors (Lipinski definition) is 0. The summed E-state index contributed by atoms with van der Waals surface area (Å²) in [5.74, 6) is -1.75. The van der Waals surface area contributed by atoms with Gasteiger partial charge in [0.1, 0.15) is 7.85 Å². The first-order valence-electron chi connectivity index (χ1n) is 8.60. The van der Waals surface area contributed by atoms with Gasteiger partial charge in [-0.3, -0.25) is 4.79 Å². The number of carbonyl (C=O) groups excluding carboxylic acids is 1. The van der Waals surface area contributed by atoms with Crippen molar-refractivity contribution >= 4 is 19.1 Å². The zero-order chi connectivity index (χ0) is 22.7. The third-order valence-corrected chi connectivity index (χ3v) is 4.47. The predicted molar refractivity (Wildman–Crippen MR) is 97.8 cm³/mol. The molecule has 0 spiro atoms. The van der Waals surface area contributed by atoms with Crippen molar-refractivity contribution in [1.82, 2.24) is 0 Å². The Bertz CT molecular complexity index is 841. The second-order valence-electron chi connectivity index (χ2n) is 6.53. The second-order valence-corrected chi connectivity index (χ2v) is 6.53. The standard InChI is InChI=1S/C20H17BF6O3/c1-29-18(30-2)16(10-17(28)11-3-5-15(21)6-4-11)12-7-13(19(22,23)24)9-14(8-12)20(25,26)27/h3-9,16,18H,10H2,1-2H3. The van der Waals surface area contributed by atoms with Gasteiger partial charge in [-0.1, -0.05) is 29.7 Å². The minimum absolute atomic E-state index is 0.0248. The van der Waals surface area contributed by atoms with E-state index in [9.17, 15) is 31.1 Å². The van der Waals surface area contributed by atoms with Crippen molar-refractivity contribution in [2.24, 2.45) is 0 Å². The number of hydrogen-bond acceptors (Lipinski definition) is 3. The Morgan fingerprint density at radius 3 is 1.77 bits per heavy atom. The van der Waals surface area contributed by atoms with Crippen LogP contribution in [0.1, 0.15) is 39.4 Å². The van der Waals surface area contributed by atoms with E-state index in [1.807, 2.05) is 0 Å². The molecule has 2 rings (SSSR count). The fourth-order valence-corrected chi connectivity index (χ4v) is 2.98. The van der Waals surface area contributed by atoms with Gasteiger partial charge in [0.15, 0.2) is 12.1 Å². The molecule has 0 aliphatic heterocycles. The lowest BCUT2D eigenvalue weighted by molar-refractivity contribution is -0.143. The van der Waals surface area contributed by atoms with Gasteiger partial charge in [0.25, 0.3) is 0 Å². The number of carbonyl (C=O) groups is 1. The Hall–Kier alpha value is -2.33. The molecule has 0 saturated carbocycles. The third kappa shape index (κ3) is 5.85. The molecule has 2 radical (unpaired) electrons. The van der Waals surface area contributed by atoms with E-state index in [0.717, 1.165) is 0 Å². The number of methoxy groups -OCH3 is 2. The molecule has 0 N–H and O–H groups in total. The van der Waals surface area contributed by atoms with Crippen molar-refractivity contribution in [3.63, 3.8) is 0 Å². The lowest BCUT2D eigenvalue weighted by Crippen LogP contribution is -2.26. The summed E-state index contributed by atoms with van der Waals surface area (Å²) in [5.41, 5.74) is -2.76. The van der Waals surface area contributed by atoms with E-state index in [0.29, 0.717) is 17.6 Å². The lowest BCUT2D eigenvalue weighted by Gasteiger charge is -2.26. The molecule has 30 heavy (non-hydrogen) atoms. The maximum Gasteiger partial charge on any atom is 0.416 e. The first-order chi connectivity index (χ1) is 13.9. The van der Waals surface area contributed by atoms with Crippen LogP contribution in [0, 0.1) is 0 Å². The highest BCUT2D eigenvalue weighted by Gasteiger charge is 2.38. The Labute approximate surface area is 170 Å². The molecule has 0 aromatic heterocycles. The summed E-state index contributed by atoms with van der Waals surface area (Å²) < 4.78 is 89.5.